The number of hydrazine groups is 1. The highest BCUT2D eigenvalue weighted by Crippen LogP contribution is 2.25. The van der Waals surface area contributed by atoms with Gasteiger partial charge in [-0.2, -0.15) is 4.98 Å². The molecule has 0 saturated carbocycles. The average molecular weight is 394 g/mol. The Morgan fingerprint density at radius 1 is 0.893 bits per heavy atom. The van der Waals surface area contributed by atoms with Crippen LogP contribution in [0.3, 0.4) is 0 Å². The molecule has 3 aromatic rings. The van der Waals surface area contributed by atoms with Crippen LogP contribution in [0.4, 0.5) is 35.0 Å². The molecule has 4 N–H and O–H groups in total. The Morgan fingerprint density at radius 2 is 1.64 bits per heavy atom. The van der Waals surface area contributed by atoms with Gasteiger partial charge in [-0.3, -0.25) is 15.8 Å². The molecule has 146 valence electrons. The maximum absolute atomic E-state index is 13.8. The average Bonchev–Trinajstić information content (AvgIpc) is 2.71. The molecule has 28 heavy (non-hydrogen) atoms. The Bertz CT molecular complexity index is 947. The van der Waals surface area contributed by atoms with Crippen LogP contribution in [0.1, 0.15) is 0 Å². The van der Waals surface area contributed by atoms with E-state index in [1.54, 1.807) is 24.4 Å². The first-order chi connectivity index (χ1) is 13.5. The Kier molecular flexibility index (Phi) is 5.84. The quantitative estimate of drug-likeness (QED) is 0.278. The van der Waals surface area contributed by atoms with E-state index < -0.39 is 29.0 Å². The highest BCUT2D eigenvalue weighted by Gasteiger charge is 2.19. The molecule has 0 unspecified atom stereocenters. The summed E-state index contributed by atoms with van der Waals surface area (Å²) in [7, 11) is 0. The first kappa shape index (κ1) is 19.3. The number of anilines is 3. The van der Waals surface area contributed by atoms with Crippen LogP contribution in [0.25, 0.3) is 11.4 Å². The fourth-order valence-corrected chi connectivity index (χ4v) is 2.21. The zero-order valence-corrected chi connectivity index (χ0v) is 14.2. The number of hydrogen-bond acceptors (Lipinski definition) is 7. The van der Waals surface area contributed by atoms with Crippen LogP contribution in [-0.4, -0.2) is 33.2 Å². The van der Waals surface area contributed by atoms with Crippen LogP contribution in [0.15, 0.2) is 36.5 Å². The molecule has 0 spiro atoms. The van der Waals surface area contributed by atoms with Crippen LogP contribution in [0.2, 0.25) is 0 Å². The molecule has 0 bridgehead atoms. The molecule has 0 fully saturated rings. The third-order valence-electron chi connectivity index (χ3n) is 3.48. The van der Waals surface area contributed by atoms with E-state index in [-0.39, 0.29) is 31.0 Å². The topological polar surface area (TPSA) is 95.0 Å². The van der Waals surface area contributed by atoms with Gasteiger partial charge in [-0.25, -0.2) is 22.5 Å². The summed E-state index contributed by atoms with van der Waals surface area (Å²) in [5, 5.41) is 11.7. The van der Waals surface area contributed by atoms with E-state index >= 15 is 0 Å². The van der Waals surface area contributed by atoms with Crippen molar-refractivity contribution in [1.29, 1.82) is 0 Å². The number of pyridine rings is 1. The molecule has 2 heterocycles. The SMILES string of the molecule is OCCNc1nc(NNc2c(F)c(F)cc(F)c2F)cc(-c2ccccn2)n1. The first-order valence-electron chi connectivity index (χ1n) is 8.00. The lowest BCUT2D eigenvalue weighted by Gasteiger charge is -2.13. The predicted molar refractivity (Wildman–Crippen MR) is 94.4 cm³/mol. The monoisotopic (exact) mass is 394 g/mol. The van der Waals surface area contributed by atoms with Crippen molar-refractivity contribution >= 4 is 17.5 Å². The normalized spacial score (nSPS) is 10.6. The molecule has 0 aliphatic rings. The summed E-state index contributed by atoms with van der Waals surface area (Å²) < 4.78 is 54.2. The van der Waals surface area contributed by atoms with Crippen LogP contribution < -0.4 is 16.2 Å². The van der Waals surface area contributed by atoms with Gasteiger partial charge >= 0.3 is 0 Å². The zero-order valence-electron chi connectivity index (χ0n) is 14.2. The molecule has 0 atom stereocenters. The minimum atomic E-state index is -1.59. The van der Waals surface area contributed by atoms with Crippen molar-refractivity contribution < 1.29 is 22.7 Å². The lowest BCUT2D eigenvalue weighted by molar-refractivity contribution is 0.311. The fourth-order valence-electron chi connectivity index (χ4n) is 2.21. The van der Waals surface area contributed by atoms with Gasteiger partial charge in [-0.1, -0.05) is 6.07 Å². The van der Waals surface area contributed by atoms with E-state index in [0.717, 1.165) is 0 Å². The number of benzene rings is 1. The highest BCUT2D eigenvalue weighted by atomic mass is 19.2. The first-order valence-corrected chi connectivity index (χ1v) is 8.00. The van der Waals surface area contributed by atoms with Crippen molar-refractivity contribution in [3.8, 4) is 11.4 Å². The number of aliphatic hydroxyl groups is 1. The Balaban J connectivity index is 1.91. The number of hydrogen-bond donors (Lipinski definition) is 4. The fraction of sp³-hybridized carbons (Fsp3) is 0.118. The molecule has 3 rings (SSSR count). The standard InChI is InChI=1S/C17H14F4N6O/c18-9-7-10(19)15(21)16(14(9)20)27-26-13-8-12(11-3-1-2-4-22-11)24-17(25-13)23-5-6-28/h1-4,7-8,27-28H,5-6H2,(H2,23,24,25,26). The van der Waals surface area contributed by atoms with Crippen LogP contribution in [-0.2, 0) is 0 Å². The summed E-state index contributed by atoms with van der Waals surface area (Å²) in [4.78, 5) is 12.4. The second-order valence-corrected chi connectivity index (χ2v) is 5.42. The van der Waals surface area contributed by atoms with Crippen molar-refractivity contribution in [3.05, 3.63) is 59.8 Å². The zero-order chi connectivity index (χ0) is 20.1. The number of nitrogens with one attached hydrogen (secondary N) is 3. The number of rotatable bonds is 7. The third kappa shape index (κ3) is 4.26. The van der Waals surface area contributed by atoms with Gasteiger partial charge in [0.1, 0.15) is 5.69 Å². The second kappa shape index (κ2) is 8.48. The van der Waals surface area contributed by atoms with Gasteiger partial charge < -0.3 is 10.4 Å². The summed E-state index contributed by atoms with van der Waals surface area (Å²) >= 11 is 0. The van der Waals surface area contributed by atoms with Crippen LogP contribution in [0, 0.1) is 23.3 Å². The van der Waals surface area contributed by atoms with Crippen molar-refractivity contribution in [3.63, 3.8) is 0 Å². The minimum absolute atomic E-state index is 0.0274. The highest BCUT2D eigenvalue weighted by molar-refractivity contribution is 5.62. The van der Waals surface area contributed by atoms with Gasteiger partial charge in [0.25, 0.3) is 0 Å². The van der Waals surface area contributed by atoms with Crippen molar-refractivity contribution in [2.45, 2.75) is 0 Å². The summed E-state index contributed by atoms with van der Waals surface area (Å²) in [5.74, 6) is -6.17. The molecule has 0 aliphatic heterocycles. The lowest BCUT2D eigenvalue weighted by atomic mass is 10.2. The molecule has 0 aliphatic carbocycles. The van der Waals surface area contributed by atoms with E-state index in [4.69, 9.17) is 5.11 Å². The lowest BCUT2D eigenvalue weighted by Crippen LogP contribution is -2.16. The molecule has 0 radical (unpaired) electrons. The van der Waals surface area contributed by atoms with Gasteiger partial charge in [0, 0.05) is 24.9 Å². The van der Waals surface area contributed by atoms with Gasteiger partial charge in [0.2, 0.25) is 5.95 Å². The summed E-state index contributed by atoms with van der Waals surface area (Å²) in [6, 6.07) is 6.63. The van der Waals surface area contributed by atoms with E-state index in [1.807, 2.05) is 0 Å². The number of aromatic nitrogens is 3. The second-order valence-electron chi connectivity index (χ2n) is 5.42. The Labute approximate surface area is 156 Å². The third-order valence-corrected chi connectivity index (χ3v) is 3.48. The molecule has 1 aromatic carbocycles. The summed E-state index contributed by atoms with van der Waals surface area (Å²) in [6.07, 6.45) is 1.55. The van der Waals surface area contributed by atoms with Crippen molar-refractivity contribution in [2.24, 2.45) is 0 Å². The van der Waals surface area contributed by atoms with Gasteiger partial charge in [0.05, 0.1) is 18.0 Å². The number of nitrogens with zero attached hydrogens (tertiary/aromatic N) is 3. The minimum Gasteiger partial charge on any atom is -0.395 e. The molecule has 2 aromatic heterocycles. The maximum atomic E-state index is 13.8. The molecule has 0 saturated heterocycles. The van der Waals surface area contributed by atoms with Gasteiger partial charge in [-0.15, -0.1) is 0 Å². The molecular weight excluding hydrogens is 380 g/mol. The Morgan fingerprint density at radius 3 is 2.29 bits per heavy atom. The predicted octanol–water partition coefficient (Wildman–Crippen LogP) is 2.94. The van der Waals surface area contributed by atoms with E-state index in [0.29, 0.717) is 11.4 Å². The number of halogens is 4. The van der Waals surface area contributed by atoms with Gasteiger partial charge in [-0.05, 0) is 12.1 Å². The van der Waals surface area contributed by atoms with Gasteiger partial charge in [0.15, 0.2) is 29.1 Å². The van der Waals surface area contributed by atoms with Crippen molar-refractivity contribution in [2.75, 3.05) is 29.3 Å². The number of aliphatic hydroxyl groups excluding tert-OH is 1. The van der Waals surface area contributed by atoms with E-state index in [2.05, 4.69) is 31.1 Å². The molecule has 0 amide bonds. The molecule has 7 nitrogen and oxygen atoms in total. The summed E-state index contributed by atoms with van der Waals surface area (Å²) in [5.41, 5.74) is 4.25. The van der Waals surface area contributed by atoms with E-state index in [9.17, 15) is 17.6 Å². The molecular formula is C17H14F4N6O. The smallest absolute Gasteiger partial charge is 0.225 e. The maximum Gasteiger partial charge on any atom is 0.225 e. The molecule has 11 heteroatoms. The van der Waals surface area contributed by atoms with Crippen LogP contribution in [0.5, 0.6) is 0 Å². The summed E-state index contributed by atoms with van der Waals surface area (Å²) in [6.45, 7) is -0.0336. The van der Waals surface area contributed by atoms with Crippen molar-refractivity contribution in [1.82, 2.24) is 15.0 Å². The van der Waals surface area contributed by atoms with Crippen LogP contribution >= 0.6 is 0 Å². The largest absolute Gasteiger partial charge is 0.395 e. The Hall–Kier alpha value is -3.47. The van der Waals surface area contributed by atoms with E-state index in [1.165, 1.54) is 6.07 Å².